The van der Waals surface area contributed by atoms with Gasteiger partial charge in [0.1, 0.15) is 11.6 Å². The van der Waals surface area contributed by atoms with E-state index in [2.05, 4.69) is 21.9 Å². The minimum Gasteiger partial charge on any atom is -0.496 e. The molecule has 164 valence electrons. The summed E-state index contributed by atoms with van der Waals surface area (Å²) in [4.78, 5) is 5.37. The van der Waals surface area contributed by atoms with Gasteiger partial charge in [-0.1, -0.05) is 18.2 Å². The summed E-state index contributed by atoms with van der Waals surface area (Å²) in [6.45, 7) is 4.57. The van der Waals surface area contributed by atoms with Gasteiger partial charge in [-0.05, 0) is 80.2 Å². The van der Waals surface area contributed by atoms with Crippen LogP contribution in [-0.4, -0.2) is 44.2 Å². The van der Waals surface area contributed by atoms with E-state index < -0.39 is 0 Å². The summed E-state index contributed by atoms with van der Waals surface area (Å²) >= 11 is 0. The Labute approximate surface area is 185 Å². The minimum absolute atomic E-state index is 0.148. The molecule has 0 spiro atoms. The second-order valence-corrected chi connectivity index (χ2v) is 10.2. The van der Waals surface area contributed by atoms with Crippen molar-refractivity contribution in [3.8, 4) is 5.75 Å². The first kappa shape index (κ1) is 19.6. The van der Waals surface area contributed by atoms with Crippen LogP contribution in [0.5, 0.6) is 5.75 Å². The lowest BCUT2D eigenvalue weighted by Crippen LogP contribution is -2.47. The first-order valence-electron chi connectivity index (χ1n) is 12.1. The van der Waals surface area contributed by atoms with E-state index >= 15 is 0 Å². The maximum Gasteiger partial charge on any atom is 0.124 e. The highest BCUT2D eigenvalue weighted by atomic mass is 19.1. The molecule has 0 atom stereocenters. The van der Waals surface area contributed by atoms with E-state index in [9.17, 15) is 4.39 Å². The molecule has 31 heavy (non-hydrogen) atoms. The zero-order chi connectivity index (χ0) is 21.0. The van der Waals surface area contributed by atoms with Gasteiger partial charge in [-0.2, -0.15) is 0 Å². The minimum atomic E-state index is -0.148. The number of anilines is 1. The number of ether oxygens (including phenoxy) is 1. The second kappa shape index (κ2) is 7.51. The fraction of sp³-hybridized carbons (Fsp3) is 0.556. The summed E-state index contributed by atoms with van der Waals surface area (Å²) in [6, 6.07) is 12.2. The number of fused-ring (bicyclic) bond motifs is 2. The third-order valence-electron chi connectivity index (χ3n) is 8.38. The maximum atomic E-state index is 13.1. The molecule has 0 unspecified atom stereocenters. The van der Waals surface area contributed by atoms with E-state index in [1.165, 1.54) is 50.6 Å². The van der Waals surface area contributed by atoms with Crippen molar-refractivity contribution in [2.45, 2.75) is 56.4 Å². The fourth-order valence-corrected chi connectivity index (χ4v) is 6.22. The summed E-state index contributed by atoms with van der Waals surface area (Å²) in [5, 5.41) is 0. The fourth-order valence-electron chi connectivity index (χ4n) is 6.22. The first-order chi connectivity index (χ1) is 15.2. The van der Waals surface area contributed by atoms with Crippen LogP contribution in [0.2, 0.25) is 0 Å². The Morgan fingerprint density at radius 1 is 1.03 bits per heavy atom. The smallest absolute Gasteiger partial charge is 0.124 e. The zero-order valence-corrected chi connectivity index (χ0v) is 18.6. The van der Waals surface area contributed by atoms with Crippen molar-refractivity contribution in [2.24, 2.45) is 5.92 Å². The molecule has 1 saturated heterocycles. The van der Waals surface area contributed by atoms with Gasteiger partial charge >= 0.3 is 0 Å². The van der Waals surface area contributed by atoms with E-state index in [1.54, 1.807) is 28.9 Å². The number of methoxy groups -OCH3 is 1. The van der Waals surface area contributed by atoms with Crippen LogP contribution >= 0.6 is 0 Å². The van der Waals surface area contributed by atoms with E-state index in [4.69, 9.17) is 4.74 Å². The largest absolute Gasteiger partial charge is 0.496 e. The molecule has 0 amide bonds. The second-order valence-electron chi connectivity index (χ2n) is 10.2. The molecule has 3 nitrogen and oxygen atoms in total. The Bertz CT molecular complexity index is 958. The molecular formula is C27H33FN2O. The molecule has 0 radical (unpaired) electrons. The molecule has 6 rings (SSSR count). The number of piperidine rings is 1. The van der Waals surface area contributed by atoms with Gasteiger partial charge in [0.25, 0.3) is 0 Å². The van der Waals surface area contributed by atoms with E-state index in [0.29, 0.717) is 11.5 Å². The molecule has 0 aromatic heterocycles. The molecular weight excluding hydrogens is 387 g/mol. The average molecular weight is 421 g/mol. The van der Waals surface area contributed by atoms with Crippen LogP contribution in [0.4, 0.5) is 10.1 Å². The van der Waals surface area contributed by atoms with Crippen LogP contribution in [0, 0.1) is 11.7 Å². The highest BCUT2D eigenvalue weighted by molar-refractivity contribution is 5.72. The number of aryl methyl sites for hydroxylation is 1. The first-order valence-corrected chi connectivity index (χ1v) is 12.1. The van der Waals surface area contributed by atoms with Crippen molar-refractivity contribution in [2.75, 3.05) is 38.2 Å². The standard InChI is InChI=1S/C27H33FN2O/c1-31-24-9-6-20-3-2-13-30(26(20)25(24)27-17-21(27)18-27)23-11-15-29(16-12-23)14-10-19-4-7-22(28)8-5-19/h4-9,21,23H,2-3,10-18H2,1H3. The lowest BCUT2D eigenvalue weighted by molar-refractivity contribution is 0.210. The van der Waals surface area contributed by atoms with Gasteiger partial charge in [0, 0.05) is 48.9 Å². The molecule has 2 saturated carbocycles. The van der Waals surface area contributed by atoms with Crippen LogP contribution in [0.15, 0.2) is 36.4 Å². The van der Waals surface area contributed by atoms with E-state index in [1.807, 2.05) is 19.2 Å². The van der Waals surface area contributed by atoms with Gasteiger partial charge < -0.3 is 14.5 Å². The van der Waals surface area contributed by atoms with Gasteiger partial charge in [0.2, 0.25) is 0 Å². The lowest BCUT2D eigenvalue weighted by Gasteiger charge is -2.44. The van der Waals surface area contributed by atoms with Crippen molar-refractivity contribution in [1.29, 1.82) is 0 Å². The van der Waals surface area contributed by atoms with Crippen LogP contribution in [0.3, 0.4) is 0 Å². The third kappa shape index (κ3) is 3.44. The normalized spacial score (nSPS) is 27.5. The summed E-state index contributed by atoms with van der Waals surface area (Å²) in [5.41, 5.74) is 6.34. The van der Waals surface area contributed by atoms with Crippen molar-refractivity contribution in [1.82, 2.24) is 4.90 Å². The van der Waals surface area contributed by atoms with Crippen molar-refractivity contribution >= 4 is 5.69 Å². The zero-order valence-electron chi connectivity index (χ0n) is 18.6. The van der Waals surface area contributed by atoms with E-state index in [0.717, 1.165) is 37.7 Å². The lowest BCUT2D eigenvalue weighted by atomic mass is 9.89. The number of halogens is 1. The molecule has 2 aromatic rings. The van der Waals surface area contributed by atoms with Crippen LogP contribution < -0.4 is 9.64 Å². The predicted octanol–water partition coefficient (Wildman–Crippen LogP) is 4.96. The number of nitrogens with zero attached hydrogens (tertiary/aromatic N) is 2. The Hall–Kier alpha value is -2.07. The summed E-state index contributed by atoms with van der Waals surface area (Å²) < 4.78 is 19.0. The highest BCUT2D eigenvalue weighted by Crippen LogP contribution is 2.78. The SMILES string of the molecule is COc1ccc2c(c1C13CC1C3)N(C1CCN(CCc3ccc(F)cc3)CC1)CCC2. The molecule has 3 fully saturated rings. The van der Waals surface area contributed by atoms with Gasteiger partial charge in [0.15, 0.2) is 0 Å². The Kier molecular flexibility index (Phi) is 4.75. The van der Waals surface area contributed by atoms with Crippen LogP contribution in [-0.2, 0) is 18.3 Å². The molecule has 4 aliphatic rings. The Morgan fingerprint density at radius 3 is 2.45 bits per heavy atom. The topological polar surface area (TPSA) is 15.7 Å². The molecule has 2 aromatic carbocycles. The number of rotatable bonds is 6. The molecule has 2 aliphatic heterocycles. The quantitative estimate of drug-likeness (QED) is 0.657. The Balaban J connectivity index is 1.16. The van der Waals surface area contributed by atoms with Gasteiger partial charge in [-0.3, -0.25) is 0 Å². The third-order valence-corrected chi connectivity index (χ3v) is 8.38. The van der Waals surface area contributed by atoms with Crippen LogP contribution in [0.25, 0.3) is 0 Å². The van der Waals surface area contributed by atoms with E-state index in [-0.39, 0.29) is 5.82 Å². The van der Waals surface area contributed by atoms with Gasteiger partial charge in [-0.25, -0.2) is 4.39 Å². The van der Waals surface area contributed by atoms with Crippen molar-refractivity contribution in [3.05, 3.63) is 58.9 Å². The molecule has 0 bridgehead atoms. The summed E-state index contributed by atoms with van der Waals surface area (Å²) in [7, 11) is 1.84. The van der Waals surface area contributed by atoms with Gasteiger partial charge in [-0.15, -0.1) is 0 Å². The number of hydrogen-bond acceptors (Lipinski definition) is 3. The molecule has 2 heterocycles. The van der Waals surface area contributed by atoms with Crippen molar-refractivity contribution in [3.63, 3.8) is 0 Å². The Morgan fingerprint density at radius 2 is 1.77 bits per heavy atom. The molecule has 2 aliphatic carbocycles. The predicted molar refractivity (Wildman–Crippen MR) is 123 cm³/mol. The maximum absolute atomic E-state index is 13.1. The van der Waals surface area contributed by atoms with Gasteiger partial charge in [0.05, 0.1) is 7.11 Å². The average Bonchev–Trinajstić information content (AvgIpc) is 3.69. The molecule has 0 N–H and O–H groups in total. The van der Waals surface area contributed by atoms with Crippen molar-refractivity contribution < 1.29 is 9.13 Å². The number of likely N-dealkylation sites (tertiary alicyclic amines) is 1. The summed E-state index contributed by atoms with van der Waals surface area (Å²) in [6.07, 6.45) is 8.68. The monoisotopic (exact) mass is 420 g/mol. The number of hydrogen-bond donors (Lipinski definition) is 0. The number of benzene rings is 2. The summed E-state index contributed by atoms with van der Waals surface area (Å²) in [5.74, 6) is 1.90. The van der Waals surface area contributed by atoms with Crippen LogP contribution in [0.1, 0.15) is 48.8 Å². The molecule has 4 heteroatoms. The highest BCUT2D eigenvalue weighted by Gasteiger charge is 2.72.